The Hall–Kier alpha value is -2.64. The lowest BCUT2D eigenvalue weighted by Gasteiger charge is -2.19. The fourth-order valence-corrected chi connectivity index (χ4v) is 4.25. The van der Waals surface area contributed by atoms with Crippen LogP contribution in [0.4, 0.5) is 0 Å². The Balaban J connectivity index is 1.77. The summed E-state index contributed by atoms with van der Waals surface area (Å²) in [4.78, 5) is 0. The zero-order valence-corrected chi connectivity index (χ0v) is 12.6. The van der Waals surface area contributed by atoms with E-state index in [-0.39, 0.29) is 0 Å². The van der Waals surface area contributed by atoms with Crippen LogP contribution in [-0.4, -0.2) is 0 Å². The standard InChI is InChI=1S/C22H15N/c1-2-6-15-13(5-1)9-10-14-11-20-19(12-18(14)15)16-7-3-4-8-17(16)21-22(20)23-21/h1-12,21-23H. The largest absolute Gasteiger partial charge is 0.300 e. The Morgan fingerprint density at radius 2 is 1.35 bits per heavy atom. The third-order valence-corrected chi connectivity index (χ3v) is 5.42. The van der Waals surface area contributed by atoms with Crippen molar-refractivity contribution in [2.24, 2.45) is 0 Å². The first kappa shape index (κ1) is 11.9. The summed E-state index contributed by atoms with van der Waals surface area (Å²) in [7, 11) is 0. The van der Waals surface area contributed by atoms with Gasteiger partial charge in [0.15, 0.2) is 0 Å². The third-order valence-electron chi connectivity index (χ3n) is 5.42. The van der Waals surface area contributed by atoms with Gasteiger partial charge in [0, 0.05) is 0 Å². The predicted octanol–water partition coefficient (Wildman–Crippen LogP) is 5.36. The first-order valence-electron chi connectivity index (χ1n) is 8.21. The molecule has 0 amide bonds. The van der Waals surface area contributed by atoms with Gasteiger partial charge in [-0.15, -0.1) is 0 Å². The molecule has 0 spiro atoms. The molecular formula is C22H15N. The van der Waals surface area contributed by atoms with Gasteiger partial charge in [-0.1, -0.05) is 60.7 Å². The van der Waals surface area contributed by atoms with Crippen molar-refractivity contribution in [3.8, 4) is 11.1 Å². The molecule has 23 heavy (non-hydrogen) atoms. The van der Waals surface area contributed by atoms with Crippen molar-refractivity contribution in [2.45, 2.75) is 12.1 Å². The second kappa shape index (κ2) is 4.01. The average Bonchev–Trinajstić information content (AvgIpc) is 3.42. The van der Waals surface area contributed by atoms with Crippen LogP contribution in [0.5, 0.6) is 0 Å². The Morgan fingerprint density at radius 3 is 2.35 bits per heavy atom. The van der Waals surface area contributed by atoms with E-state index < -0.39 is 0 Å². The van der Waals surface area contributed by atoms with E-state index in [2.05, 4.69) is 78.1 Å². The number of hydrogen-bond donors (Lipinski definition) is 1. The second-order valence-electron chi connectivity index (χ2n) is 6.66. The van der Waals surface area contributed by atoms with Crippen molar-refractivity contribution in [3.05, 3.63) is 83.9 Å². The van der Waals surface area contributed by atoms with Gasteiger partial charge < -0.3 is 0 Å². The summed E-state index contributed by atoms with van der Waals surface area (Å²) >= 11 is 0. The van der Waals surface area contributed by atoms with E-state index in [9.17, 15) is 0 Å². The van der Waals surface area contributed by atoms with E-state index >= 15 is 0 Å². The Labute approximate surface area is 134 Å². The molecule has 4 aromatic carbocycles. The zero-order valence-electron chi connectivity index (χ0n) is 12.6. The van der Waals surface area contributed by atoms with E-state index in [4.69, 9.17) is 0 Å². The van der Waals surface area contributed by atoms with Gasteiger partial charge in [-0.2, -0.15) is 0 Å². The fraction of sp³-hybridized carbons (Fsp3) is 0.0909. The highest BCUT2D eigenvalue weighted by atomic mass is 15.2. The summed E-state index contributed by atoms with van der Waals surface area (Å²) in [6.45, 7) is 0. The minimum absolute atomic E-state index is 0.496. The molecule has 2 aliphatic rings. The summed E-state index contributed by atoms with van der Waals surface area (Å²) in [5.41, 5.74) is 5.69. The topological polar surface area (TPSA) is 21.9 Å². The average molecular weight is 293 g/mol. The molecule has 0 aromatic heterocycles. The van der Waals surface area contributed by atoms with Crippen LogP contribution in [0.2, 0.25) is 0 Å². The van der Waals surface area contributed by atoms with Gasteiger partial charge in [0.2, 0.25) is 0 Å². The van der Waals surface area contributed by atoms with Crippen LogP contribution in [0.1, 0.15) is 23.2 Å². The molecule has 1 heteroatoms. The van der Waals surface area contributed by atoms with E-state index in [1.165, 1.54) is 43.8 Å². The smallest absolute Gasteiger partial charge is 0.0530 e. The van der Waals surface area contributed by atoms with Crippen LogP contribution in [0.25, 0.3) is 32.7 Å². The Bertz CT molecular complexity index is 1110. The molecule has 0 radical (unpaired) electrons. The summed E-state index contributed by atoms with van der Waals surface area (Å²) in [6, 6.07) is 27.8. The monoisotopic (exact) mass is 293 g/mol. The van der Waals surface area contributed by atoms with Gasteiger partial charge in [0.25, 0.3) is 0 Å². The molecule has 0 saturated carbocycles. The highest BCUT2D eigenvalue weighted by Gasteiger charge is 2.44. The molecule has 1 N–H and O–H groups in total. The minimum atomic E-state index is 0.496. The summed E-state index contributed by atoms with van der Waals surface area (Å²) in [5, 5.41) is 9.00. The first-order chi connectivity index (χ1) is 11.4. The Kier molecular flexibility index (Phi) is 2.07. The second-order valence-corrected chi connectivity index (χ2v) is 6.66. The first-order valence-corrected chi connectivity index (χ1v) is 8.21. The highest BCUT2D eigenvalue weighted by Crippen LogP contribution is 2.54. The molecule has 1 fully saturated rings. The predicted molar refractivity (Wildman–Crippen MR) is 95.5 cm³/mol. The van der Waals surface area contributed by atoms with Crippen LogP contribution in [0.3, 0.4) is 0 Å². The lowest BCUT2D eigenvalue weighted by Crippen LogP contribution is -1.99. The van der Waals surface area contributed by atoms with Crippen LogP contribution in [0.15, 0.2) is 72.8 Å². The molecule has 1 aliphatic heterocycles. The summed E-state index contributed by atoms with van der Waals surface area (Å²) in [5.74, 6) is 0. The maximum absolute atomic E-state index is 3.64. The van der Waals surface area contributed by atoms with Crippen LogP contribution in [-0.2, 0) is 0 Å². The molecule has 108 valence electrons. The fourth-order valence-electron chi connectivity index (χ4n) is 4.25. The SMILES string of the molecule is c1ccc2c(c1)-c1cc3c(ccc4ccccc43)cc1C1NC21. The molecule has 4 aromatic rings. The highest BCUT2D eigenvalue weighted by molar-refractivity contribution is 6.09. The van der Waals surface area contributed by atoms with Crippen molar-refractivity contribution < 1.29 is 0 Å². The van der Waals surface area contributed by atoms with Crippen molar-refractivity contribution in [1.29, 1.82) is 0 Å². The van der Waals surface area contributed by atoms with E-state index in [1.54, 1.807) is 0 Å². The maximum Gasteiger partial charge on any atom is 0.0530 e. The molecule has 2 atom stereocenters. The van der Waals surface area contributed by atoms with Crippen molar-refractivity contribution >= 4 is 21.5 Å². The molecule has 2 unspecified atom stereocenters. The van der Waals surface area contributed by atoms with Gasteiger partial charge in [-0.3, -0.25) is 5.32 Å². The van der Waals surface area contributed by atoms with Crippen molar-refractivity contribution in [1.82, 2.24) is 5.32 Å². The maximum atomic E-state index is 3.64. The van der Waals surface area contributed by atoms with Gasteiger partial charge in [0.05, 0.1) is 12.1 Å². The molecular weight excluding hydrogens is 278 g/mol. The van der Waals surface area contributed by atoms with E-state index in [0.29, 0.717) is 12.1 Å². The van der Waals surface area contributed by atoms with Gasteiger partial charge >= 0.3 is 0 Å². The summed E-state index contributed by atoms with van der Waals surface area (Å²) < 4.78 is 0. The molecule has 1 nitrogen and oxygen atoms in total. The number of fused-ring (bicyclic) bond motifs is 9. The molecule has 1 saturated heterocycles. The Morgan fingerprint density at radius 1 is 0.565 bits per heavy atom. The molecule has 6 rings (SSSR count). The van der Waals surface area contributed by atoms with E-state index in [1.807, 2.05) is 0 Å². The number of hydrogen-bond acceptors (Lipinski definition) is 1. The van der Waals surface area contributed by atoms with Crippen LogP contribution < -0.4 is 5.32 Å². The summed E-state index contributed by atoms with van der Waals surface area (Å²) in [6.07, 6.45) is 0. The molecule has 1 heterocycles. The van der Waals surface area contributed by atoms with Gasteiger partial charge in [-0.05, 0) is 55.9 Å². The van der Waals surface area contributed by atoms with Crippen molar-refractivity contribution in [2.75, 3.05) is 0 Å². The molecule has 0 bridgehead atoms. The lowest BCUT2D eigenvalue weighted by atomic mass is 9.83. The quantitative estimate of drug-likeness (QED) is 0.342. The zero-order chi connectivity index (χ0) is 15.0. The van der Waals surface area contributed by atoms with Gasteiger partial charge in [-0.25, -0.2) is 0 Å². The van der Waals surface area contributed by atoms with Crippen LogP contribution >= 0.6 is 0 Å². The van der Waals surface area contributed by atoms with Crippen LogP contribution in [0, 0.1) is 0 Å². The lowest BCUT2D eigenvalue weighted by molar-refractivity contribution is 1.01. The normalized spacial score (nSPS) is 20.9. The van der Waals surface area contributed by atoms with Crippen molar-refractivity contribution in [3.63, 3.8) is 0 Å². The molecule has 1 aliphatic carbocycles. The van der Waals surface area contributed by atoms with E-state index in [0.717, 1.165) is 0 Å². The number of benzene rings is 4. The number of rotatable bonds is 0. The van der Waals surface area contributed by atoms with Gasteiger partial charge in [0.1, 0.15) is 0 Å². The minimum Gasteiger partial charge on any atom is -0.300 e. The third kappa shape index (κ3) is 1.50. The number of nitrogens with one attached hydrogen (secondary N) is 1.